The molecule has 1 atom stereocenters. The molecule has 2 nitrogen and oxygen atoms in total. The van der Waals surface area contributed by atoms with Crippen molar-refractivity contribution in [3.05, 3.63) is 0 Å². The van der Waals surface area contributed by atoms with Gasteiger partial charge in [0.05, 0.1) is 12.6 Å². The second-order valence-corrected chi connectivity index (χ2v) is 2.79. The molecule has 0 radical (unpaired) electrons. The van der Waals surface area contributed by atoms with Crippen molar-refractivity contribution in [2.45, 2.75) is 13.3 Å². The molecule has 0 aromatic carbocycles. The van der Waals surface area contributed by atoms with Crippen LogP contribution in [-0.4, -0.2) is 24.5 Å². The van der Waals surface area contributed by atoms with Gasteiger partial charge in [-0.1, -0.05) is 6.92 Å². The first kappa shape index (κ1) is 6.57. The Morgan fingerprint density at radius 2 is 2.56 bits per heavy atom. The van der Waals surface area contributed by atoms with Crippen molar-refractivity contribution in [2.24, 2.45) is 5.92 Å². The van der Waals surface area contributed by atoms with E-state index in [-0.39, 0.29) is 0 Å². The Hall–Kier alpha value is -0.550. The predicted molar refractivity (Wildman–Crippen MR) is 35.8 cm³/mol. The van der Waals surface area contributed by atoms with Gasteiger partial charge in [0.1, 0.15) is 0 Å². The van der Waals surface area contributed by atoms with Crippen molar-refractivity contribution >= 4 is 0 Å². The zero-order chi connectivity index (χ0) is 6.69. The highest BCUT2D eigenvalue weighted by Gasteiger charge is 2.16. The van der Waals surface area contributed by atoms with Crippen molar-refractivity contribution < 1.29 is 0 Å². The summed E-state index contributed by atoms with van der Waals surface area (Å²) in [7, 11) is 0. The molecule has 0 bridgehead atoms. The first-order valence-corrected chi connectivity index (χ1v) is 3.42. The Labute approximate surface area is 56.1 Å². The second kappa shape index (κ2) is 2.84. The molecule has 2 heteroatoms. The third kappa shape index (κ3) is 1.69. The zero-order valence-electron chi connectivity index (χ0n) is 5.80. The summed E-state index contributed by atoms with van der Waals surface area (Å²) >= 11 is 0. The van der Waals surface area contributed by atoms with Crippen LogP contribution in [0.25, 0.3) is 0 Å². The Morgan fingerprint density at radius 1 is 1.78 bits per heavy atom. The molecule has 1 rings (SSSR count). The summed E-state index contributed by atoms with van der Waals surface area (Å²) in [5, 5.41) is 8.32. The maximum atomic E-state index is 8.32. The van der Waals surface area contributed by atoms with E-state index < -0.39 is 0 Å². The van der Waals surface area contributed by atoms with Gasteiger partial charge in [-0.3, -0.25) is 4.90 Å². The molecular formula is C7H12N2. The molecule has 0 aromatic heterocycles. The first-order chi connectivity index (χ1) is 4.33. The molecule has 1 saturated heterocycles. The van der Waals surface area contributed by atoms with Crippen LogP contribution < -0.4 is 0 Å². The Morgan fingerprint density at radius 3 is 3.00 bits per heavy atom. The number of likely N-dealkylation sites (tertiary alicyclic amines) is 1. The highest BCUT2D eigenvalue weighted by Crippen LogP contribution is 2.13. The normalized spacial score (nSPS) is 28.2. The summed E-state index contributed by atoms with van der Waals surface area (Å²) in [5.41, 5.74) is 0. The molecule has 9 heavy (non-hydrogen) atoms. The van der Waals surface area contributed by atoms with E-state index >= 15 is 0 Å². The van der Waals surface area contributed by atoms with Crippen molar-refractivity contribution in [3.63, 3.8) is 0 Å². The van der Waals surface area contributed by atoms with Crippen LogP contribution in [0.15, 0.2) is 0 Å². The van der Waals surface area contributed by atoms with Gasteiger partial charge in [0.25, 0.3) is 0 Å². The molecule has 0 aliphatic carbocycles. The summed E-state index contributed by atoms with van der Waals surface area (Å²) < 4.78 is 0. The van der Waals surface area contributed by atoms with Gasteiger partial charge >= 0.3 is 0 Å². The van der Waals surface area contributed by atoms with Crippen molar-refractivity contribution in [1.29, 1.82) is 5.26 Å². The maximum Gasteiger partial charge on any atom is 0.0866 e. The minimum Gasteiger partial charge on any atom is -0.290 e. The van der Waals surface area contributed by atoms with Gasteiger partial charge in [0.15, 0.2) is 0 Å². The number of nitriles is 1. The minimum absolute atomic E-state index is 0.615. The van der Waals surface area contributed by atoms with Crippen LogP contribution in [0.4, 0.5) is 0 Å². The molecule has 0 N–H and O–H groups in total. The number of hydrogen-bond donors (Lipinski definition) is 0. The average Bonchev–Trinajstić information content (AvgIpc) is 2.17. The molecule has 1 aliphatic heterocycles. The van der Waals surface area contributed by atoms with Crippen LogP contribution in [0.2, 0.25) is 0 Å². The van der Waals surface area contributed by atoms with E-state index in [0.717, 1.165) is 19.0 Å². The van der Waals surface area contributed by atoms with Crippen LogP contribution in [0, 0.1) is 17.2 Å². The van der Waals surface area contributed by atoms with E-state index in [2.05, 4.69) is 17.9 Å². The third-order valence-electron chi connectivity index (χ3n) is 1.80. The summed E-state index contributed by atoms with van der Waals surface area (Å²) in [6, 6.07) is 2.16. The summed E-state index contributed by atoms with van der Waals surface area (Å²) in [5.74, 6) is 0.804. The van der Waals surface area contributed by atoms with Crippen molar-refractivity contribution in [2.75, 3.05) is 19.6 Å². The van der Waals surface area contributed by atoms with Crippen LogP contribution >= 0.6 is 0 Å². The van der Waals surface area contributed by atoms with Gasteiger partial charge in [-0.15, -0.1) is 0 Å². The fourth-order valence-electron chi connectivity index (χ4n) is 1.27. The van der Waals surface area contributed by atoms with E-state index in [1.165, 1.54) is 6.42 Å². The molecule has 0 amide bonds. The lowest BCUT2D eigenvalue weighted by atomic mass is 10.2. The summed E-state index contributed by atoms with van der Waals surface area (Å²) in [4.78, 5) is 2.20. The fourth-order valence-corrected chi connectivity index (χ4v) is 1.27. The maximum absolute atomic E-state index is 8.32. The van der Waals surface area contributed by atoms with Gasteiger partial charge < -0.3 is 0 Å². The van der Waals surface area contributed by atoms with Crippen molar-refractivity contribution in [1.82, 2.24) is 4.90 Å². The lowest BCUT2D eigenvalue weighted by Gasteiger charge is -2.07. The standard InChI is InChI=1S/C7H12N2/c1-7-2-4-9(6-7)5-3-8/h7H,2,4-6H2,1H3. The van der Waals surface area contributed by atoms with Gasteiger partial charge in [-0.05, 0) is 18.9 Å². The minimum atomic E-state index is 0.615. The van der Waals surface area contributed by atoms with E-state index in [0.29, 0.717) is 6.54 Å². The van der Waals surface area contributed by atoms with Crippen LogP contribution in [0.1, 0.15) is 13.3 Å². The van der Waals surface area contributed by atoms with Crippen molar-refractivity contribution in [3.8, 4) is 6.07 Å². The Balaban J connectivity index is 2.24. The van der Waals surface area contributed by atoms with Crippen LogP contribution in [-0.2, 0) is 0 Å². The molecule has 0 spiro atoms. The molecule has 1 heterocycles. The van der Waals surface area contributed by atoms with E-state index in [9.17, 15) is 0 Å². The number of hydrogen-bond acceptors (Lipinski definition) is 2. The average molecular weight is 124 g/mol. The highest BCUT2D eigenvalue weighted by molar-refractivity contribution is 4.81. The molecule has 0 aromatic rings. The molecule has 1 unspecified atom stereocenters. The predicted octanol–water partition coefficient (Wildman–Crippen LogP) is 0.852. The van der Waals surface area contributed by atoms with Gasteiger partial charge in [-0.25, -0.2) is 0 Å². The Bertz CT molecular complexity index is 125. The molecule has 1 aliphatic rings. The van der Waals surface area contributed by atoms with E-state index in [1.807, 2.05) is 0 Å². The monoisotopic (exact) mass is 124 g/mol. The number of nitrogens with zero attached hydrogens (tertiary/aromatic N) is 2. The topological polar surface area (TPSA) is 27.0 Å². The first-order valence-electron chi connectivity index (χ1n) is 3.42. The smallest absolute Gasteiger partial charge is 0.0866 e. The molecule has 0 saturated carbocycles. The van der Waals surface area contributed by atoms with E-state index in [1.54, 1.807) is 0 Å². The quantitative estimate of drug-likeness (QED) is 0.484. The second-order valence-electron chi connectivity index (χ2n) is 2.79. The SMILES string of the molecule is CC1CCN(CC#N)C1. The van der Waals surface area contributed by atoms with Crippen LogP contribution in [0.5, 0.6) is 0 Å². The lowest BCUT2D eigenvalue weighted by molar-refractivity contribution is 0.368. The third-order valence-corrected chi connectivity index (χ3v) is 1.80. The highest BCUT2D eigenvalue weighted by atomic mass is 15.1. The molecule has 50 valence electrons. The Kier molecular flexibility index (Phi) is 2.07. The largest absolute Gasteiger partial charge is 0.290 e. The molecular weight excluding hydrogens is 112 g/mol. The summed E-state index contributed by atoms with van der Waals surface area (Å²) in [6.07, 6.45) is 1.27. The van der Waals surface area contributed by atoms with E-state index in [4.69, 9.17) is 5.26 Å². The van der Waals surface area contributed by atoms with Gasteiger partial charge in [-0.2, -0.15) is 5.26 Å². The lowest BCUT2D eigenvalue weighted by Crippen LogP contribution is -2.20. The molecule has 1 fully saturated rings. The zero-order valence-corrected chi connectivity index (χ0v) is 5.80. The number of rotatable bonds is 1. The van der Waals surface area contributed by atoms with Gasteiger partial charge in [0, 0.05) is 6.54 Å². The fraction of sp³-hybridized carbons (Fsp3) is 0.857. The summed E-state index contributed by atoms with van der Waals surface area (Å²) in [6.45, 7) is 5.09. The van der Waals surface area contributed by atoms with Gasteiger partial charge in [0.2, 0.25) is 0 Å². The van der Waals surface area contributed by atoms with Crippen LogP contribution in [0.3, 0.4) is 0 Å².